The molecular weight excluding hydrogens is 198 g/mol. The van der Waals surface area contributed by atoms with Crippen LogP contribution < -0.4 is 5.32 Å². The van der Waals surface area contributed by atoms with Gasteiger partial charge in [0.15, 0.2) is 0 Å². The highest BCUT2D eigenvalue weighted by Gasteiger charge is 2.33. The molecular formula is C10H21NO4. The third-order valence-electron chi connectivity index (χ3n) is 2.41. The third kappa shape index (κ3) is 5.11. The molecule has 15 heavy (non-hydrogen) atoms. The van der Waals surface area contributed by atoms with Crippen LogP contribution in [0.3, 0.4) is 0 Å². The van der Waals surface area contributed by atoms with Gasteiger partial charge < -0.3 is 19.9 Å². The predicted octanol–water partition coefficient (Wildman–Crippen LogP) is 0.491. The van der Waals surface area contributed by atoms with Crippen LogP contribution >= 0.6 is 0 Å². The summed E-state index contributed by atoms with van der Waals surface area (Å²) in [5.41, 5.74) is -0.938. The highest BCUT2D eigenvalue weighted by Crippen LogP contribution is 2.14. The van der Waals surface area contributed by atoms with Gasteiger partial charge in [0.1, 0.15) is 5.54 Å². The fourth-order valence-corrected chi connectivity index (χ4v) is 1.26. The van der Waals surface area contributed by atoms with Gasteiger partial charge in [0.2, 0.25) is 0 Å². The van der Waals surface area contributed by atoms with Crippen molar-refractivity contribution < 1.29 is 19.4 Å². The van der Waals surface area contributed by atoms with Gasteiger partial charge in [-0.15, -0.1) is 0 Å². The second-order valence-electron chi connectivity index (χ2n) is 3.77. The number of rotatable bonds is 8. The highest BCUT2D eigenvalue weighted by molar-refractivity contribution is 5.78. The summed E-state index contributed by atoms with van der Waals surface area (Å²) in [6, 6.07) is 0. The van der Waals surface area contributed by atoms with Crippen LogP contribution in [0, 0.1) is 0 Å². The molecule has 0 heterocycles. The molecule has 0 aliphatic carbocycles. The summed E-state index contributed by atoms with van der Waals surface area (Å²) in [7, 11) is 3.24. The summed E-state index contributed by atoms with van der Waals surface area (Å²) >= 11 is 0. The van der Waals surface area contributed by atoms with E-state index in [1.807, 2.05) is 6.92 Å². The van der Waals surface area contributed by atoms with Gasteiger partial charge in [0.05, 0.1) is 19.3 Å². The van der Waals surface area contributed by atoms with Gasteiger partial charge in [-0.2, -0.15) is 0 Å². The Hall–Kier alpha value is -0.650. The van der Waals surface area contributed by atoms with Crippen LogP contribution in [-0.2, 0) is 14.3 Å². The molecule has 0 aliphatic rings. The minimum atomic E-state index is -0.938. The molecule has 2 N–H and O–H groups in total. The molecule has 5 nitrogen and oxygen atoms in total. The Morgan fingerprint density at radius 1 is 1.53 bits per heavy atom. The molecule has 0 radical (unpaired) electrons. The first-order valence-electron chi connectivity index (χ1n) is 4.99. The minimum Gasteiger partial charge on any atom is -0.480 e. The maximum Gasteiger partial charge on any atom is 0.323 e. The van der Waals surface area contributed by atoms with Crippen molar-refractivity contribution in [2.24, 2.45) is 0 Å². The SMILES string of the molecule is CNC(C)(CC(C)OCCOC)C(=O)O. The largest absolute Gasteiger partial charge is 0.480 e. The molecule has 0 spiro atoms. The van der Waals surface area contributed by atoms with Crippen LogP contribution in [-0.4, -0.2) is 50.1 Å². The molecule has 0 rings (SSSR count). The quantitative estimate of drug-likeness (QED) is 0.582. The number of likely N-dealkylation sites (N-methyl/N-ethyl adjacent to an activating group) is 1. The Morgan fingerprint density at radius 3 is 2.53 bits per heavy atom. The number of carbonyl (C=O) groups is 1. The number of carboxylic acids is 1. The van der Waals surface area contributed by atoms with E-state index in [2.05, 4.69) is 5.32 Å². The number of aliphatic carboxylic acids is 1. The Labute approximate surface area is 90.8 Å². The zero-order chi connectivity index (χ0) is 11.9. The summed E-state index contributed by atoms with van der Waals surface area (Å²) in [4.78, 5) is 11.0. The first-order valence-corrected chi connectivity index (χ1v) is 4.99. The van der Waals surface area contributed by atoms with Crippen molar-refractivity contribution in [1.82, 2.24) is 5.32 Å². The van der Waals surface area contributed by atoms with Gasteiger partial charge in [-0.3, -0.25) is 4.79 Å². The lowest BCUT2D eigenvalue weighted by Crippen LogP contribution is -2.49. The molecule has 2 atom stereocenters. The third-order valence-corrected chi connectivity index (χ3v) is 2.41. The fourth-order valence-electron chi connectivity index (χ4n) is 1.26. The second kappa shape index (κ2) is 6.76. The molecule has 0 aromatic heterocycles. The lowest BCUT2D eigenvalue weighted by atomic mass is 9.95. The molecule has 0 aromatic carbocycles. The van der Waals surface area contributed by atoms with Gasteiger partial charge in [-0.05, 0) is 20.9 Å². The first-order chi connectivity index (χ1) is 6.96. The van der Waals surface area contributed by atoms with Crippen LogP contribution in [0.15, 0.2) is 0 Å². The molecule has 0 saturated heterocycles. The van der Waals surface area contributed by atoms with Crippen molar-refractivity contribution in [2.75, 3.05) is 27.4 Å². The first kappa shape index (κ1) is 14.3. The summed E-state index contributed by atoms with van der Waals surface area (Å²) in [6.45, 7) is 4.50. The molecule has 0 aliphatic heterocycles. The van der Waals surface area contributed by atoms with Crippen molar-refractivity contribution in [3.05, 3.63) is 0 Å². The van der Waals surface area contributed by atoms with Crippen LogP contribution in [0.25, 0.3) is 0 Å². The number of nitrogens with one attached hydrogen (secondary N) is 1. The van der Waals surface area contributed by atoms with E-state index in [0.29, 0.717) is 19.6 Å². The smallest absolute Gasteiger partial charge is 0.323 e. The van der Waals surface area contributed by atoms with Crippen molar-refractivity contribution in [3.63, 3.8) is 0 Å². The number of methoxy groups -OCH3 is 1. The van der Waals surface area contributed by atoms with Gasteiger partial charge in [0, 0.05) is 13.5 Å². The maximum atomic E-state index is 11.0. The van der Waals surface area contributed by atoms with Crippen LogP contribution in [0.2, 0.25) is 0 Å². The summed E-state index contributed by atoms with van der Waals surface area (Å²) < 4.78 is 10.2. The number of hydrogen-bond donors (Lipinski definition) is 2. The van der Waals surface area contributed by atoms with E-state index in [4.69, 9.17) is 14.6 Å². The lowest BCUT2D eigenvalue weighted by Gasteiger charge is -2.27. The van der Waals surface area contributed by atoms with E-state index >= 15 is 0 Å². The van der Waals surface area contributed by atoms with Gasteiger partial charge in [0.25, 0.3) is 0 Å². The van der Waals surface area contributed by atoms with Crippen molar-refractivity contribution in [3.8, 4) is 0 Å². The Bertz CT molecular complexity index is 198. The van der Waals surface area contributed by atoms with Crippen molar-refractivity contribution in [2.45, 2.75) is 31.9 Å². The molecule has 0 bridgehead atoms. The van der Waals surface area contributed by atoms with Crippen LogP contribution in [0.5, 0.6) is 0 Å². The summed E-state index contributed by atoms with van der Waals surface area (Å²) in [5.74, 6) is -0.868. The Morgan fingerprint density at radius 2 is 2.13 bits per heavy atom. The van der Waals surface area contributed by atoms with E-state index in [9.17, 15) is 4.79 Å². The van der Waals surface area contributed by atoms with Crippen molar-refractivity contribution >= 4 is 5.97 Å². The number of carboxylic acid groups (broad SMARTS) is 1. The molecule has 0 fully saturated rings. The number of ether oxygens (including phenoxy) is 2. The normalized spacial score (nSPS) is 17.1. The fraction of sp³-hybridized carbons (Fsp3) is 0.900. The zero-order valence-electron chi connectivity index (χ0n) is 9.87. The topological polar surface area (TPSA) is 67.8 Å². The highest BCUT2D eigenvalue weighted by atomic mass is 16.5. The molecule has 90 valence electrons. The molecule has 0 aromatic rings. The number of hydrogen-bond acceptors (Lipinski definition) is 4. The van der Waals surface area contributed by atoms with E-state index in [-0.39, 0.29) is 6.10 Å². The van der Waals surface area contributed by atoms with E-state index < -0.39 is 11.5 Å². The minimum absolute atomic E-state index is 0.117. The standard InChI is InChI=1S/C10H21NO4/c1-8(15-6-5-14-4)7-10(2,11-3)9(12)13/h8,11H,5-7H2,1-4H3,(H,12,13). The van der Waals surface area contributed by atoms with Gasteiger partial charge in [-0.1, -0.05) is 0 Å². The van der Waals surface area contributed by atoms with E-state index in [1.165, 1.54) is 0 Å². The molecule has 0 saturated carbocycles. The molecule has 2 unspecified atom stereocenters. The lowest BCUT2D eigenvalue weighted by molar-refractivity contribution is -0.145. The predicted molar refractivity (Wildman–Crippen MR) is 57.0 cm³/mol. The van der Waals surface area contributed by atoms with E-state index in [0.717, 1.165) is 0 Å². The average molecular weight is 219 g/mol. The van der Waals surface area contributed by atoms with E-state index in [1.54, 1.807) is 21.1 Å². The van der Waals surface area contributed by atoms with Crippen LogP contribution in [0.1, 0.15) is 20.3 Å². The Balaban J connectivity index is 4.01. The monoisotopic (exact) mass is 219 g/mol. The summed E-state index contributed by atoms with van der Waals surface area (Å²) in [6.07, 6.45) is 0.302. The second-order valence-corrected chi connectivity index (χ2v) is 3.77. The Kier molecular flexibility index (Phi) is 6.47. The summed E-state index contributed by atoms with van der Waals surface area (Å²) in [5, 5.41) is 11.8. The molecule has 0 amide bonds. The maximum absolute atomic E-state index is 11.0. The molecule has 5 heteroatoms. The van der Waals surface area contributed by atoms with Crippen LogP contribution in [0.4, 0.5) is 0 Å². The average Bonchev–Trinajstić information content (AvgIpc) is 2.17. The van der Waals surface area contributed by atoms with Gasteiger partial charge >= 0.3 is 5.97 Å². The zero-order valence-corrected chi connectivity index (χ0v) is 9.87. The van der Waals surface area contributed by atoms with Gasteiger partial charge in [-0.25, -0.2) is 0 Å². The van der Waals surface area contributed by atoms with Crippen molar-refractivity contribution in [1.29, 1.82) is 0 Å².